The molecular formula is C25H32N6O. The maximum absolute atomic E-state index is 11.8. The molecule has 32 heavy (non-hydrogen) atoms. The first-order valence-corrected chi connectivity index (χ1v) is 11.9. The summed E-state index contributed by atoms with van der Waals surface area (Å²) in [6.07, 6.45) is 8.19. The lowest BCUT2D eigenvalue weighted by Crippen LogP contribution is -2.31. The molecule has 0 saturated carbocycles. The van der Waals surface area contributed by atoms with Gasteiger partial charge in [0, 0.05) is 45.7 Å². The first kappa shape index (κ1) is 20.8. The molecule has 0 bridgehead atoms. The molecule has 1 aromatic heterocycles. The highest BCUT2D eigenvalue weighted by Gasteiger charge is 2.27. The van der Waals surface area contributed by atoms with Gasteiger partial charge in [-0.25, -0.2) is 0 Å². The van der Waals surface area contributed by atoms with Crippen LogP contribution in [0.25, 0.3) is 5.57 Å². The van der Waals surface area contributed by atoms with Crippen LogP contribution >= 0.6 is 0 Å². The molecule has 0 radical (unpaired) electrons. The molecule has 1 fully saturated rings. The zero-order valence-electron chi connectivity index (χ0n) is 18.6. The van der Waals surface area contributed by atoms with E-state index in [4.69, 9.17) is 9.97 Å². The summed E-state index contributed by atoms with van der Waals surface area (Å²) >= 11 is 0. The van der Waals surface area contributed by atoms with E-state index in [0.717, 1.165) is 83.0 Å². The number of hydrogen-bond acceptors (Lipinski definition) is 6. The van der Waals surface area contributed by atoms with E-state index in [9.17, 15) is 4.79 Å². The fraction of sp³-hybridized carbons (Fsp3) is 0.480. The molecule has 3 aliphatic heterocycles. The van der Waals surface area contributed by atoms with Gasteiger partial charge >= 0.3 is 0 Å². The number of nitrogens with zero attached hydrogens (tertiary/aromatic N) is 4. The standard InChI is InChI=1S/C25H32N6O/c32-21-11-6-15-30(21)16-7-14-27-25-28-23-22-20(10-4-5-13-26-23)12-17-31(24(22)29-25)18-19-8-2-1-3-9-19/h1-3,8-10H,4-7,11-18H2,(H2,26,27,28,29). The third kappa shape index (κ3) is 4.56. The average molecular weight is 433 g/mol. The van der Waals surface area contributed by atoms with Crippen molar-refractivity contribution < 1.29 is 4.79 Å². The van der Waals surface area contributed by atoms with Gasteiger partial charge in [-0.05, 0) is 43.2 Å². The highest BCUT2D eigenvalue weighted by molar-refractivity contribution is 5.85. The molecule has 2 N–H and O–H groups in total. The van der Waals surface area contributed by atoms with E-state index in [0.29, 0.717) is 12.4 Å². The topological polar surface area (TPSA) is 73.4 Å². The van der Waals surface area contributed by atoms with E-state index in [2.05, 4.69) is 51.9 Å². The summed E-state index contributed by atoms with van der Waals surface area (Å²) in [6.45, 7) is 5.17. The fourth-order valence-electron chi connectivity index (χ4n) is 4.82. The van der Waals surface area contributed by atoms with Crippen molar-refractivity contribution in [2.24, 2.45) is 0 Å². The molecule has 1 saturated heterocycles. The van der Waals surface area contributed by atoms with Crippen molar-refractivity contribution in [1.29, 1.82) is 0 Å². The normalized spacial score (nSPS) is 17.9. The maximum Gasteiger partial charge on any atom is 0.226 e. The fourth-order valence-corrected chi connectivity index (χ4v) is 4.82. The van der Waals surface area contributed by atoms with Crippen molar-refractivity contribution in [3.63, 3.8) is 0 Å². The number of benzene rings is 1. The van der Waals surface area contributed by atoms with Gasteiger partial charge in [0.25, 0.3) is 0 Å². The molecule has 0 unspecified atom stereocenters. The van der Waals surface area contributed by atoms with Crippen LogP contribution in [0.5, 0.6) is 0 Å². The van der Waals surface area contributed by atoms with Crippen LogP contribution in [0.4, 0.5) is 17.6 Å². The van der Waals surface area contributed by atoms with E-state index in [1.54, 1.807) is 0 Å². The largest absolute Gasteiger partial charge is 0.369 e. The average Bonchev–Trinajstić information content (AvgIpc) is 3.21. The Balaban J connectivity index is 1.36. The van der Waals surface area contributed by atoms with Crippen LogP contribution in [0.15, 0.2) is 36.4 Å². The van der Waals surface area contributed by atoms with Gasteiger partial charge in [-0.15, -0.1) is 0 Å². The lowest BCUT2D eigenvalue weighted by Gasteiger charge is -2.33. The Morgan fingerprint density at radius 2 is 1.94 bits per heavy atom. The van der Waals surface area contributed by atoms with Crippen LogP contribution in [-0.2, 0) is 11.3 Å². The Morgan fingerprint density at radius 3 is 2.78 bits per heavy atom. The highest BCUT2D eigenvalue weighted by atomic mass is 16.2. The Morgan fingerprint density at radius 1 is 1.03 bits per heavy atom. The monoisotopic (exact) mass is 432 g/mol. The van der Waals surface area contributed by atoms with Crippen LogP contribution in [0, 0.1) is 0 Å². The molecule has 2 aromatic rings. The summed E-state index contributed by atoms with van der Waals surface area (Å²) < 4.78 is 0. The van der Waals surface area contributed by atoms with Crippen LogP contribution in [0.1, 0.15) is 49.7 Å². The second-order valence-corrected chi connectivity index (χ2v) is 8.81. The third-order valence-electron chi connectivity index (χ3n) is 6.50. The molecule has 0 aliphatic carbocycles. The van der Waals surface area contributed by atoms with Gasteiger partial charge in [-0.2, -0.15) is 9.97 Å². The molecule has 0 atom stereocenters. The highest BCUT2D eigenvalue weighted by Crippen LogP contribution is 2.40. The summed E-state index contributed by atoms with van der Waals surface area (Å²) in [5, 5.41) is 6.98. The number of aromatic nitrogens is 2. The second kappa shape index (κ2) is 9.59. The summed E-state index contributed by atoms with van der Waals surface area (Å²) in [5.74, 6) is 2.91. The van der Waals surface area contributed by atoms with E-state index in [1.165, 1.54) is 16.7 Å². The smallest absolute Gasteiger partial charge is 0.226 e. The summed E-state index contributed by atoms with van der Waals surface area (Å²) in [5.41, 5.74) is 3.82. The number of carbonyl (C=O) groups excluding carboxylic acids is 1. The molecule has 4 heterocycles. The maximum atomic E-state index is 11.8. The van der Waals surface area contributed by atoms with Crippen molar-refractivity contribution in [1.82, 2.24) is 14.9 Å². The minimum Gasteiger partial charge on any atom is -0.369 e. The van der Waals surface area contributed by atoms with Gasteiger partial charge in [0.05, 0.1) is 5.56 Å². The van der Waals surface area contributed by atoms with Crippen molar-refractivity contribution in [2.75, 3.05) is 48.3 Å². The third-order valence-corrected chi connectivity index (χ3v) is 6.50. The number of amides is 1. The molecular weight excluding hydrogens is 400 g/mol. The van der Waals surface area contributed by atoms with Crippen molar-refractivity contribution in [3.8, 4) is 0 Å². The van der Waals surface area contributed by atoms with E-state index >= 15 is 0 Å². The van der Waals surface area contributed by atoms with Gasteiger partial charge in [0.2, 0.25) is 11.9 Å². The molecule has 1 aromatic carbocycles. The number of nitrogens with one attached hydrogen (secondary N) is 2. The first-order valence-electron chi connectivity index (χ1n) is 11.9. The van der Waals surface area contributed by atoms with Gasteiger partial charge < -0.3 is 20.4 Å². The number of carbonyl (C=O) groups is 1. The minimum atomic E-state index is 0.284. The minimum absolute atomic E-state index is 0.284. The summed E-state index contributed by atoms with van der Waals surface area (Å²) in [6, 6.07) is 10.6. The van der Waals surface area contributed by atoms with Gasteiger partial charge in [-0.3, -0.25) is 4.79 Å². The Bertz CT molecular complexity index is 989. The number of allylic oxidation sites excluding steroid dienone is 1. The Kier molecular flexibility index (Phi) is 6.23. The molecule has 1 amide bonds. The van der Waals surface area contributed by atoms with Crippen molar-refractivity contribution in [2.45, 2.75) is 45.1 Å². The predicted molar refractivity (Wildman–Crippen MR) is 129 cm³/mol. The lowest BCUT2D eigenvalue weighted by atomic mass is 9.96. The van der Waals surface area contributed by atoms with Crippen LogP contribution in [-0.4, -0.2) is 53.5 Å². The summed E-state index contributed by atoms with van der Waals surface area (Å²) in [4.78, 5) is 26.0. The molecule has 0 spiro atoms. The van der Waals surface area contributed by atoms with E-state index in [-0.39, 0.29) is 5.91 Å². The number of rotatable bonds is 7. The van der Waals surface area contributed by atoms with Crippen LogP contribution < -0.4 is 15.5 Å². The van der Waals surface area contributed by atoms with E-state index < -0.39 is 0 Å². The van der Waals surface area contributed by atoms with Gasteiger partial charge in [-0.1, -0.05) is 36.4 Å². The summed E-state index contributed by atoms with van der Waals surface area (Å²) in [7, 11) is 0. The molecule has 7 heteroatoms. The van der Waals surface area contributed by atoms with Crippen LogP contribution in [0.3, 0.4) is 0 Å². The molecule has 7 nitrogen and oxygen atoms in total. The quantitative estimate of drug-likeness (QED) is 0.647. The lowest BCUT2D eigenvalue weighted by molar-refractivity contribution is -0.127. The van der Waals surface area contributed by atoms with Crippen molar-refractivity contribution in [3.05, 3.63) is 47.5 Å². The number of anilines is 3. The molecule has 5 rings (SSSR count). The van der Waals surface area contributed by atoms with Crippen LogP contribution in [0.2, 0.25) is 0 Å². The number of likely N-dealkylation sites (tertiary alicyclic amines) is 1. The second-order valence-electron chi connectivity index (χ2n) is 8.81. The number of hydrogen-bond donors (Lipinski definition) is 2. The van der Waals surface area contributed by atoms with Gasteiger partial charge in [0.1, 0.15) is 11.6 Å². The predicted octanol–water partition coefficient (Wildman–Crippen LogP) is 3.90. The molecule has 3 aliphatic rings. The zero-order chi connectivity index (χ0) is 21.8. The van der Waals surface area contributed by atoms with E-state index in [1.807, 2.05) is 4.90 Å². The Labute approximate surface area is 189 Å². The SMILES string of the molecule is O=C1CCCN1CCCNc1nc2c3c(n1)N(Cc1ccccc1)CCC3=CCCCN2. The zero-order valence-corrected chi connectivity index (χ0v) is 18.6. The molecule has 168 valence electrons. The first-order chi connectivity index (χ1) is 15.8. The Hall–Kier alpha value is -3.09. The van der Waals surface area contributed by atoms with Gasteiger partial charge in [0.15, 0.2) is 0 Å². The van der Waals surface area contributed by atoms with Crippen molar-refractivity contribution >= 4 is 29.1 Å².